The van der Waals surface area contributed by atoms with E-state index in [1.54, 1.807) is 12.1 Å². The molecule has 2 aromatic rings. The summed E-state index contributed by atoms with van der Waals surface area (Å²) < 4.78 is 0. The van der Waals surface area contributed by atoms with E-state index in [1.807, 2.05) is 18.2 Å². The summed E-state index contributed by atoms with van der Waals surface area (Å²) in [4.78, 5) is 10.2. The van der Waals surface area contributed by atoms with Crippen LogP contribution in [0.1, 0.15) is 16.7 Å². The quantitative estimate of drug-likeness (QED) is 0.663. The van der Waals surface area contributed by atoms with Gasteiger partial charge in [0, 0.05) is 24.4 Å². The largest absolute Gasteiger partial charge is 0.384 e. The smallest absolute Gasteiger partial charge is 0.269 e. The standard InChI is InChI=1S/C16H18N2O2/c1-12-4-3-5-16(13(12)2)17-11-10-14-6-8-15(9-7-14)18(19)20/h3-9,17H,10-11H2,1-2H3. The highest BCUT2D eigenvalue weighted by Crippen LogP contribution is 2.18. The fraction of sp³-hybridized carbons (Fsp3) is 0.250. The van der Waals surface area contributed by atoms with Gasteiger partial charge in [0.05, 0.1) is 4.92 Å². The zero-order valence-corrected chi connectivity index (χ0v) is 11.7. The molecule has 2 rings (SSSR count). The van der Waals surface area contributed by atoms with E-state index in [0.29, 0.717) is 0 Å². The molecule has 0 spiro atoms. The molecule has 0 unspecified atom stereocenters. The highest BCUT2D eigenvalue weighted by atomic mass is 16.6. The van der Waals surface area contributed by atoms with Gasteiger partial charge in [-0.25, -0.2) is 0 Å². The van der Waals surface area contributed by atoms with E-state index in [2.05, 4.69) is 31.3 Å². The van der Waals surface area contributed by atoms with Crippen molar-refractivity contribution in [3.8, 4) is 0 Å². The lowest BCUT2D eigenvalue weighted by Gasteiger charge is -2.11. The van der Waals surface area contributed by atoms with Gasteiger partial charge in [-0.1, -0.05) is 24.3 Å². The van der Waals surface area contributed by atoms with Crippen molar-refractivity contribution in [2.24, 2.45) is 0 Å². The minimum Gasteiger partial charge on any atom is -0.384 e. The number of nitrogens with one attached hydrogen (secondary N) is 1. The predicted octanol–water partition coefficient (Wildman–Crippen LogP) is 3.87. The van der Waals surface area contributed by atoms with E-state index in [4.69, 9.17) is 0 Å². The highest BCUT2D eigenvalue weighted by molar-refractivity contribution is 5.53. The van der Waals surface area contributed by atoms with Crippen LogP contribution in [0.15, 0.2) is 42.5 Å². The van der Waals surface area contributed by atoms with E-state index in [9.17, 15) is 10.1 Å². The molecule has 0 aliphatic carbocycles. The number of hydrogen-bond acceptors (Lipinski definition) is 3. The van der Waals surface area contributed by atoms with Gasteiger partial charge in [0.25, 0.3) is 5.69 Å². The van der Waals surface area contributed by atoms with Crippen LogP contribution in [0.2, 0.25) is 0 Å². The summed E-state index contributed by atoms with van der Waals surface area (Å²) in [6.45, 7) is 5.00. The number of non-ortho nitro benzene ring substituents is 1. The first-order valence-electron chi connectivity index (χ1n) is 6.61. The molecule has 0 aliphatic rings. The fourth-order valence-corrected chi connectivity index (χ4v) is 2.07. The van der Waals surface area contributed by atoms with Crippen LogP contribution in [0, 0.1) is 24.0 Å². The van der Waals surface area contributed by atoms with Crippen LogP contribution in [0.5, 0.6) is 0 Å². The molecule has 0 bridgehead atoms. The van der Waals surface area contributed by atoms with Crippen molar-refractivity contribution >= 4 is 11.4 Å². The lowest BCUT2D eigenvalue weighted by atomic mass is 10.1. The van der Waals surface area contributed by atoms with Gasteiger partial charge in [-0.3, -0.25) is 10.1 Å². The van der Waals surface area contributed by atoms with Crippen molar-refractivity contribution in [2.45, 2.75) is 20.3 Å². The molecule has 4 heteroatoms. The molecule has 0 heterocycles. The third-order valence-electron chi connectivity index (χ3n) is 3.48. The molecular formula is C16H18N2O2. The van der Waals surface area contributed by atoms with Gasteiger partial charge < -0.3 is 5.32 Å². The monoisotopic (exact) mass is 270 g/mol. The first kappa shape index (κ1) is 14.1. The van der Waals surface area contributed by atoms with Gasteiger partial charge in [-0.2, -0.15) is 0 Å². The van der Waals surface area contributed by atoms with Crippen molar-refractivity contribution in [1.82, 2.24) is 0 Å². The molecule has 4 nitrogen and oxygen atoms in total. The molecule has 0 aromatic heterocycles. The Kier molecular flexibility index (Phi) is 4.35. The Bertz CT molecular complexity index is 606. The predicted molar refractivity (Wildman–Crippen MR) is 81.2 cm³/mol. The minimum absolute atomic E-state index is 0.135. The molecule has 2 aromatic carbocycles. The molecule has 0 fully saturated rings. The molecule has 0 saturated heterocycles. The zero-order valence-electron chi connectivity index (χ0n) is 11.7. The third-order valence-corrected chi connectivity index (χ3v) is 3.48. The normalized spacial score (nSPS) is 10.3. The first-order chi connectivity index (χ1) is 9.58. The lowest BCUT2D eigenvalue weighted by Crippen LogP contribution is -2.06. The maximum atomic E-state index is 10.6. The summed E-state index contributed by atoms with van der Waals surface area (Å²) in [5, 5.41) is 14.0. The molecule has 0 saturated carbocycles. The molecule has 0 amide bonds. The fourth-order valence-electron chi connectivity index (χ4n) is 2.07. The van der Waals surface area contributed by atoms with Gasteiger partial charge >= 0.3 is 0 Å². The number of rotatable bonds is 5. The Hall–Kier alpha value is -2.36. The van der Waals surface area contributed by atoms with Crippen molar-refractivity contribution in [1.29, 1.82) is 0 Å². The SMILES string of the molecule is Cc1cccc(NCCc2ccc([N+](=O)[O-])cc2)c1C. The van der Waals surface area contributed by atoms with Crippen LogP contribution >= 0.6 is 0 Å². The van der Waals surface area contributed by atoms with Crippen LogP contribution in [0.4, 0.5) is 11.4 Å². The maximum absolute atomic E-state index is 10.6. The molecular weight excluding hydrogens is 252 g/mol. The molecule has 1 N–H and O–H groups in total. The van der Waals surface area contributed by atoms with Gasteiger partial charge in [-0.15, -0.1) is 0 Å². The highest BCUT2D eigenvalue weighted by Gasteiger charge is 2.04. The number of nitro groups is 1. The molecule has 0 radical (unpaired) electrons. The lowest BCUT2D eigenvalue weighted by molar-refractivity contribution is -0.384. The number of hydrogen-bond donors (Lipinski definition) is 1. The van der Waals surface area contributed by atoms with E-state index in [1.165, 1.54) is 11.1 Å². The minimum atomic E-state index is -0.377. The Morgan fingerprint density at radius 2 is 1.80 bits per heavy atom. The summed E-state index contributed by atoms with van der Waals surface area (Å²) in [5.74, 6) is 0. The number of nitrogens with zero attached hydrogens (tertiary/aromatic N) is 1. The van der Waals surface area contributed by atoms with E-state index in [0.717, 1.165) is 24.2 Å². The molecule has 20 heavy (non-hydrogen) atoms. The zero-order chi connectivity index (χ0) is 14.5. The first-order valence-corrected chi connectivity index (χ1v) is 6.61. The Morgan fingerprint density at radius 3 is 2.45 bits per heavy atom. The van der Waals surface area contributed by atoms with E-state index >= 15 is 0 Å². The van der Waals surface area contributed by atoms with Crippen LogP contribution in [-0.2, 0) is 6.42 Å². The van der Waals surface area contributed by atoms with E-state index < -0.39 is 0 Å². The average molecular weight is 270 g/mol. The topological polar surface area (TPSA) is 55.2 Å². The number of anilines is 1. The number of aryl methyl sites for hydroxylation is 1. The summed E-state index contributed by atoms with van der Waals surface area (Å²) in [7, 11) is 0. The van der Waals surface area contributed by atoms with Gasteiger partial charge in [0.1, 0.15) is 0 Å². The van der Waals surface area contributed by atoms with Gasteiger partial charge in [0.2, 0.25) is 0 Å². The van der Waals surface area contributed by atoms with Crippen molar-refractivity contribution in [3.05, 3.63) is 69.3 Å². The maximum Gasteiger partial charge on any atom is 0.269 e. The third kappa shape index (κ3) is 3.35. The molecule has 104 valence electrons. The number of benzene rings is 2. The second kappa shape index (κ2) is 6.19. The summed E-state index contributed by atoms with van der Waals surface area (Å²) >= 11 is 0. The Balaban J connectivity index is 1.92. The van der Waals surface area contributed by atoms with Crippen LogP contribution in [-0.4, -0.2) is 11.5 Å². The van der Waals surface area contributed by atoms with Crippen molar-refractivity contribution < 1.29 is 4.92 Å². The van der Waals surface area contributed by atoms with Crippen LogP contribution in [0.25, 0.3) is 0 Å². The van der Waals surface area contributed by atoms with Crippen LogP contribution in [0.3, 0.4) is 0 Å². The summed E-state index contributed by atoms with van der Waals surface area (Å²) in [6.07, 6.45) is 0.839. The van der Waals surface area contributed by atoms with Crippen LogP contribution < -0.4 is 5.32 Å². The Labute approximate surface area is 118 Å². The molecule has 0 atom stereocenters. The average Bonchev–Trinajstić information content (AvgIpc) is 2.44. The second-order valence-electron chi connectivity index (χ2n) is 4.85. The second-order valence-corrected chi connectivity index (χ2v) is 4.85. The van der Waals surface area contributed by atoms with Crippen molar-refractivity contribution in [3.63, 3.8) is 0 Å². The summed E-state index contributed by atoms with van der Waals surface area (Å²) in [5.41, 5.74) is 4.90. The summed E-state index contributed by atoms with van der Waals surface area (Å²) in [6, 6.07) is 12.9. The van der Waals surface area contributed by atoms with Gasteiger partial charge in [-0.05, 0) is 43.0 Å². The number of nitro benzene ring substituents is 1. The van der Waals surface area contributed by atoms with Crippen molar-refractivity contribution in [2.75, 3.05) is 11.9 Å². The van der Waals surface area contributed by atoms with E-state index in [-0.39, 0.29) is 10.6 Å². The Morgan fingerprint density at radius 1 is 1.10 bits per heavy atom. The van der Waals surface area contributed by atoms with Gasteiger partial charge in [0.15, 0.2) is 0 Å². The molecule has 0 aliphatic heterocycles.